The average Bonchev–Trinajstić information content (AvgIpc) is 2.21. The summed E-state index contributed by atoms with van der Waals surface area (Å²) in [6, 6.07) is 5.86. The largest absolute Gasteiger partial charge is 0.313 e. The minimum absolute atomic E-state index is 0.00859. The van der Waals surface area contributed by atoms with Gasteiger partial charge in [0.2, 0.25) is 10.0 Å². The lowest BCUT2D eigenvalue weighted by Gasteiger charge is -2.06. The highest BCUT2D eigenvalue weighted by atomic mass is 35.5. The normalized spacial score (nSPS) is 11.7. The number of nitrogens with one attached hydrogen (secondary N) is 1. The van der Waals surface area contributed by atoms with E-state index in [4.69, 9.17) is 16.7 Å². The molecule has 0 aliphatic carbocycles. The van der Waals surface area contributed by atoms with Gasteiger partial charge in [-0.25, -0.2) is 13.6 Å². The number of hydrogen-bond donors (Lipinski definition) is 2. The molecule has 0 aliphatic heterocycles. The molecule has 3 N–H and O–H groups in total. The first kappa shape index (κ1) is 14.4. The Morgan fingerprint density at radius 2 is 2.12 bits per heavy atom. The van der Waals surface area contributed by atoms with Crippen LogP contribution in [0.25, 0.3) is 0 Å². The highest BCUT2D eigenvalue weighted by molar-refractivity contribution is 7.89. The zero-order chi connectivity index (χ0) is 12.9. The van der Waals surface area contributed by atoms with Crippen LogP contribution < -0.4 is 10.5 Å². The molecule has 4 nitrogen and oxygen atoms in total. The first-order valence-corrected chi connectivity index (χ1v) is 7.44. The van der Waals surface area contributed by atoms with Crippen molar-refractivity contribution in [3.8, 4) is 0 Å². The summed E-state index contributed by atoms with van der Waals surface area (Å²) in [5.41, 5.74) is 2.13. The predicted molar refractivity (Wildman–Crippen MR) is 70.5 cm³/mol. The third kappa shape index (κ3) is 6.02. The molecule has 1 aromatic carbocycles. The molecule has 0 saturated carbocycles. The third-order valence-electron chi connectivity index (χ3n) is 2.35. The Hall–Kier alpha value is -0.620. The van der Waals surface area contributed by atoms with Gasteiger partial charge >= 0.3 is 0 Å². The van der Waals surface area contributed by atoms with Crippen LogP contribution in [-0.4, -0.2) is 20.7 Å². The van der Waals surface area contributed by atoms with Gasteiger partial charge in [0.05, 0.1) is 5.75 Å². The van der Waals surface area contributed by atoms with Crippen molar-refractivity contribution in [1.82, 2.24) is 5.32 Å². The zero-order valence-corrected chi connectivity index (χ0v) is 11.3. The van der Waals surface area contributed by atoms with E-state index in [9.17, 15) is 8.42 Å². The van der Waals surface area contributed by atoms with Gasteiger partial charge in [-0.2, -0.15) is 0 Å². The molecule has 6 heteroatoms. The second kappa shape index (κ2) is 6.35. The van der Waals surface area contributed by atoms with Gasteiger partial charge in [0.25, 0.3) is 0 Å². The molecular weight excluding hydrogens is 260 g/mol. The second-order valence-corrected chi connectivity index (χ2v) is 6.12. The van der Waals surface area contributed by atoms with E-state index in [1.165, 1.54) is 0 Å². The van der Waals surface area contributed by atoms with Gasteiger partial charge in [0.15, 0.2) is 0 Å². The number of hydrogen-bond acceptors (Lipinski definition) is 3. The summed E-state index contributed by atoms with van der Waals surface area (Å²) in [6.45, 7) is 3.23. The topological polar surface area (TPSA) is 72.2 Å². The van der Waals surface area contributed by atoms with Crippen molar-refractivity contribution in [2.75, 3.05) is 12.3 Å². The van der Waals surface area contributed by atoms with E-state index in [2.05, 4.69) is 5.32 Å². The van der Waals surface area contributed by atoms with Crippen molar-refractivity contribution < 1.29 is 8.42 Å². The number of sulfonamides is 1. The molecule has 96 valence electrons. The number of nitrogens with two attached hydrogens (primary N) is 1. The Labute approximate surface area is 107 Å². The highest BCUT2D eigenvalue weighted by Gasteiger charge is 2.01. The Balaban J connectivity index is 2.29. The van der Waals surface area contributed by atoms with E-state index < -0.39 is 10.0 Å². The summed E-state index contributed by atoms with van der Waals surface area (Å²) in [5.74, 6) is 0.00859. The van der Waals surface area contributed by atoms with E-state index in [0.717, 1.165) is 16.1 Å². The monoisotopic (exact) mass is 276 g/mol. The fraction of sp³-hybridized carbons (Fsp3) is 0.455. The molecule has 0 saturated heterocycles. The van der Waals surface area contributed by atoms with Gasteiger partial charge in [-0.1, -0.05) is 23.7 Å². The predicted octanol–water partition coefficient (Wildman–Crippen LogP) is 1.42. The smallest absolute Gasteiger partial charge is 0.209 e. The van der Waals surface area contributed by atoms with Crippen LogP contribution in [0.15, 0.2) is 18.2 Å². The Morgan fingerprint density at radius 3 is 2.71 bits per heavy atom. The van der Waals surface area contributed by atoms with Crippen LogP contribution in [0.4, 0.5) is 0 Å². The second-order valence-electron chi connectivity index (χ2n) is 3.98. The molecule has 0 heterocycles. The maximum atomic E-state index is 10.7. The third-order valence-corrected chi connectivity index (χ3v) is 3.61. The first-order valence-electron chi connectivity index (χ1n) is 5.35. The van der Waals surface area contributed by atoms with Gasteiger partial charge < -0.3 is 5.32 Å². The quantitative estimate of drug-likeness (QED) is 0.772. The van der Waals surface area contributed by atoms with E-state index in [0.29, 0.717) is 19.5 Å². The van der Waals surface area contributed by atoms with Gasteiger partial charge in [0.1, 0.15) is 0 Å². The average molecular weight is 277 g/mol. The Kier molecular flexibility index (Phi) is 5.39. The van der Waals surface area contributed by atoms with Crippen molar-refractivity contribution in [2.24, 2.45) is 5.14 Å². The summed E-state index contributed by atoms with van der Waals surface area (Å²) in [7, 11) is -3.34. The summed E-state index contributed by atoms with van der Waals surface area (Å²) in [5, 5.41) is 8.78. The lowest BCUT2D eigenvalue weighted by atomic mass is 10.1. The fourth-order valence-corrected chi connectivity index (χ4v) is 2.13. The molecule has 17 heavy (non-hydrogen) atoms. The zero-order valence-electron chi connectivity index (χ0n) is 9.74. The maximum Gasteiger partial charge on any atom is 0.209 e. The van der Waals surface area contributed by atoms with E-state index >= 15 is 0 Å². The van der Waals surface area contributed by atoms with E-state index in [1.807, 2.05) is 25.1 Å². The van der Waals surface area contributed by atoms with Crippen LogP contribution in [-0.2, 0) is 16.6 Å². The molecule has 1 aromatic rings. The Morgan fingerprint density at radius 1 is 1.41 bits per heavy atom. The first-order chi connectivity index (χ1) is 7.88. The molecule has 0 bridgehead atoms. The fourth-order valence-electron chi connectivity index (χ4n) is 1.38. The molecule has 0 amide bonds. The van der Waals surface area contributed by atoms with Crippen LogP contribution >= 0.6 is 11.6 Å². The molecule has 0 radical (unpaired) electrons. The lowest BCUT2D eigenvalue weighted by Crippen LogP contribution is -2.22. The molecular formula is C11H17ClN2O2S. The van der Waals surface area contributed by atoms with Crippen molar-refractivity contribution in [1.29, 1.82) is 0 Å². The summed E-state index contributed by atoms with van der Waals surface area (Å²) in [4.78, 5) is 0. The van der Waals surface area contributed by atoms with Crippen molar-refractivity contribution in [3.63, 3.8) is 0 Å². The van der Waals surface area contributed by atoms with Crippen molar-refractivity contribution in [3.05, 3.63) is 34.3 Å². The van der Waals surface area contributed by atoms with Gasteiger partial charge in [-0.05, 0) is 37.1 Å². The summed E-state index contributed by atoms with van der Waals surface area (Å²) >= 11 is 5.99. The van der Waals surface area contributed by atoms with Crippen LogP contribution in [0.3, 0.4) is 0 Å². The van der Waals surface area contributed by atoms with Crippen LogP contribution in [0.5, 0.6) is 0 Å². The molecule has 0 atom stereocenters. The van der Waals surface area contributed by atoms with Crippen molar-refractivity contribution >= 4 is 21.6 Å². The van der Waals surface area contributed by atoms with E-state index in [-0.39, 0.29) is 5.75 Å². The van der Waals surface area contributed by atoms with Crippen LogP contribution in [0.1, 0.15) is 17.5 Å². The number of aryl methyl sites for hydroxylation is 1. The Bertz CT molecular complexity index is 474. The van der Waals surface area contributed by atoms with Crippen LogP contribution in [0.2, 0.25) is 5.02 Å². The summed E-state index contributed by atoms with van der Waals surface area (Å²) in [6.07, 6.45) is 0.512. The number of rotatable bonds is 6. The van der Waals surface area contributed by atoms with Gasteiger partial charge in [0, 0.05) is 11.6 Å². The van der Waals surface area contributed by atoms with E-state index in [1.54, 1.807) is 0 Å². The van der Waals surface area contributed by atoms with Gasteiger partial charge in [-0.3, -0.25) is 0 Å². The minimum atomic E-state index is -3.34. The number of halogens is 1. The maximum absolute atomic E-state index is 10.7. The number of benzene rings is 1. The lowest BCUT2D eigenvalue weighted by molar-refractivity contribution is 0.590. The molecule has 0 unspecified atom stereocenters. The molecule has 1 rings (SSSR count). The standard InChI is InChI=1S/C11H17ClN2O2S/c1-9-3-4-10(7-11(9)12)8-14-5-2-6-17(13,15)16/h3-4,7,14H,2,5-6,8H2,1H3,(H2,13,15,16). The number of primary sulfonamides is 1. The van der Waals surface area contributed by atoms with Crippen molar-refractivity contribution in [2.45, 2.75) is 19.9 Å². The van der Waals surface area contributed by atoms with Crippen LogP contribution in [0, 0.1) is 6.92 Å². The highest BCUT2D eigenvalue weighted by Crippen LogP contribution is 2.16. The minimum Gasteiger partial charge on any atom is -0.313 e. The molecule has 0 spiro atoms. The molecule has 0 fully saturated rings. The molecule has 0 aliphatic rings. The SMILES string of the molecule is Cc1ccc(CNCCCS(N)(=O)=O)cc1Cl. The molecule has 0 aromatic heterocycles. The summed E-state index contributed by atoms with van der Waals surface area (Å²) < 4.78 is 21.4. The van der Waals surface area contributed by atoms with Gasteiger partial charge in [-0.15, -0.1) is 0 Å².